The fourth-order valence-corrected chi connectivity index (χ4v) is 1.40. The van der Waals surface area contributed by atoms with Crippen LogP contribution >= 0.6 is 0 Å². The highest BCUT2D eigenvalue weighted by molar-refractivity contribution is 5.26. The molecule has 90 valence electrons. The molecule has 0 saturated carbocycles. The van der Waals surface area contributed by atoms with E-state index in [1.54, 1.807) is 6.07 Å². The second-order valence-electron chi connectivity index (χ2n) is 4.21. The Morgan fingerprint density at radius 2 is 1.88 bits per heavy atom. The van der Waals surface area contributed by atoms with Gasteiger partial charge in [0.25, 0.3) is 0 Å². The van der Waals surface area contributed by atoms with Crippen molar-refractivity contribution in [2.24, 2.45) is 0 Å². The third kappa shape index (κ3) is 3.52. The first-order valence-electron chi connectivity index (χ1n) is 5.13. The first-order valence-corrected chi connectivity index (χ1v) is 5.13. The zero-order valence-electron chi connectivity index (χ0n) is 9.67. The van der Waals surface area contributed by atoms with Crippen LogP contribution in [0.2, 0.25) is 0 Å². The summed E-state index contributed by atoms with van der Waals surface area (Å²) >= 11 is 0. The summed E-state index contributed by atoms with van der Waals surface area (Å²) in [6, 6.07) is 5.74. The predicted octanol–water partition coefficient (Wildman–Crippen LogP) is 3.20. The number of hydrogen-bond donors (Lipinski definition) is 0. The highest BCUT2D eigenvalue weighted by atomic mass is 19.4. The molecule has 16 heavy (non-hydrogen) atoms. The van der Waals surface area contributed by atoms with Gasteiger partial charge in [0.2, 0.25) is 0 Å². The Hall–Kier alpha value is -1.03. The molecule has 0 saturated heterocycles. The Morgan fingerprint density at radius 3 is 2.38 bits per heavy atom. The molecule has 1 aromatic rings. The lowest BCUT2D eigenvalue weighted by molar-refractivity contribution is -0.137. The number of likely N-dealkylation sites (N-methyl/N-ethyl adjacent to an activating group) is 1. The number of hydrogen-bond acceptors (Lipinski definition) is 1. The van der Waals surface area contributed by atoms with Crippen molar-refractivity contribution < 1.29 is 13.2 Å². The molecule has 0 heterocycles. The number of benzene rings is 1. The van der Waals surface area contributed by atoms with Crippen molar-refractivity contribution >= 4 is 0 Å². The lowest BCUT2D eigenvalue weighted by atomic mass is 10.0. The summed E-state index contributed by atoms with van der Waals surface area (Å²) in [7, 11) is 3.83. The third-order valence-electron chi connectivity index (χ3n) is 2.67. The Balaban J connectivity index is 2.83. The molecular formula is C12H16F3N. The lowest BCUT2D eigenvalue weighted by Crippen LogP contribution is -2.26. The van der Waals surface area contributed by atoms with Crippen LogP contribution in [0.1, 0.15) is 18.1 Å². The minimum absolute atomic E-state index is 0.225. The Morgan fingerprint density at radius 1 is 1.25 bits per heavy atom. The summed E-state index contributed by atoms with van der Waals surface area (Å²) in [5.41, 5.74) is 0.145. The fraction of sp³-hybridized carbons (Fsp3) is 0.500. The molecule has 0 aliphatic carbocycles. The van der Waals surface area contributed by atoms with Gasteiger partial charge in [0.1, 0.15) is 0 Å². The number of halogens is 3. The number of nitrogens with zero attached hydrogens (tertiary/aromatic N) is 1. The van der Waals surface area contributed by atoms with Crippen LogP contribution < -0.4 is 0 Å². The molecule has 1 atom stereocenters. The van der Waals surface area contributed by atoms with Crippen molar-refractivity contribution in [3.63, 3.8) is 0 Å². The van der Waals surface area contributed by atoms with E-state index in [0.717, 1.165) is 11.6 Å². The minimum atomic E-state index is -4.25. The molecule has 0 bridgehead atoms. The van der Waals surface area contributed by atoms with E-state index in [1.807, 2.05) is 25.9 Å². The van der Waals surface area contributed by atoms with Crippen LogP contribution in [0, 0.1) is 0 Å². The summed E-state index contributed by atoms with van der Waals surface area (Å²) < 4.78 is 37.4. The number of alkyl halides is 3. The van der Waals surface area contributed by atoms with Crippen LogP contribution in [0.15, 0.2) is 24.3 Å². The van der Waals surface area contributed by atoms with Gasteiger partial charge in [-0.3, -0.25) is 0 Å². The maximum Gasteiger partial charge on any atom is 0.416 e. The minimum Gasteiger partial charge on any atom is -0.306 e. The van der Waals surface area contributed by atoms with E-state index in [1.165, 1.54) is 12.1 Å². The SMILES string of the molecule is CC(Cc1cccc(C(F)(F)F)c1)N(C)C. The summed E-state index contributed by atoms with van der Waals surface area (Å²) in [4.78, 5) is 1.99. The molecule has 0 radical (unpaired) electrons. The van der Waals surface area contributed by atoms with Gasteiger partial charge in [-0.1, -0.05) is 18.2 Å². The molecular weight excluding hydrogens is 215 g/mol. The van der Waals surface area contributed by atoms with Crippen molar-refractivity contribution in [1.82, 2.24) is 4.90 Å². The number of rotatable bonds is 3. The van der Waals surface area contributed by atoms with E-state index in [4.69, 9.17) is 0 Å². The van der Waals surface area contributed by atoms with Gasteiger partial charge in [-0.2, -0.15) is 13.2 Å². The first-order chi connectivity index (χ1) is 7.30. The van der Waals surface area contributed by atoms with Crippen LogP contribution in [0.4, 0.5) is 13.2 Å². The van der Waals surface area contributed by atoms with E-state index in [0.29, 0.717) is 6.42 Å². The summed E-state index contributed by atoms with van der Waals surface area (Å²) in [6.07, 6.45) is -3.63. The maximum atomic E-state index is 12.5. The Bertz CT molecular complexity index is 344. The largest absolute Gasteiger partial charge is 0.416 e. The van der Waals surface area contributed by atoms with Crippen LogP contribution in [-0.4, -0.2) is 25.0 Å². The van der Waals surface area contributed by atoms with Gasteiger partial charge < -0.3 is 4.90 Å². The molecule has 0 amide bonds. The van der Waals surface area contributed by atoms with E-state index in [-0.39, 0.29) is 6.04 Å². The summed E-state index contributed by atoms with van der Waals surface area (Å²) in [5, 5.41) is 0. The molecule has 0 aromatic heterocycles. The molecule has 4 heteroatoms. The van der Waals surface area contributed by atoms with Crippen LogP contribution in [0.3, 0.4) is 0 Å². The molecule has 0 aliphatic heterocycles. The topological polar surface area (TPSA) is 3.24 Å². The second kappa shape index (κ2) is 4.87. The van der Waals surface area contributed by atoms with Gasteiger partial charge in [0, 0.05) is 6.04 Å². The molecule has 1 nitrogen and oxygen atoms in total. The molecule has 1 rings (SSSR count). The quantitative estimate of drug-likeness (QED) is 0.772. The highest BCUT2D eigenvalue weighted by Gasteiger charge is 2.30. The van der Waals surface area contributed by atoms with Crippen LogP contribution in [0.5, 0.6) is 0 Å². The Kier molecular flexibility index (Phi) is 3.97. The highest BCUT2D eigenvalue weighted by Crippen LogP contribution is 2.29. The molecule has 1 unspecified atom stereocenters. The first kappa shape index (κ1) is 13.0. The van der Waals surface area contributed by atoms with Gasteiger partial charge in [0.15, 0.2) is 0 Å². The summed E-state index contributed by atoms with van der Waals surface area (Å²) in [6.45, 7) is 1.99. The van der Waals surface area contributed by atoms with E-state index in [9.17, 15) is 13.2 Å². The van der Waals surface area contributed by atoms with E-state index in [2.05, 4.69) is 0 Å². The van der Waals surface area contributed by atoms with E-state index < -0.39 is 11.7 Å². The lowest BCUT2D eigenvalue weighted by Gasteiger charge is -2.20. The van der Waals surface area contributed by atoms with Crippen molar-refractivity contribution in [2.45, 2.75) is 25.6 Å². The van der Waals surface area contributed by atoms with Gasteiger partial charge in [-0.15, -0.1) is 0 Å². The molecule has 0 aliphatic rings. The predicted molar refractivity (Wildman–Crippen MR) is 58.3 cm³/mol. The van der Waals surface area contributed by atoms with Gasteiger partial charge in [0.05, 0.1) is 5.56 Å². The average molecular weight is 231 g/mol. The van der Waals surface area contributed by atoms with Crippen molar-refractivity contribution in [3.05, 3.63) is 35.4 Å². The second-order valence-corrected chi connectivity index (χ2v) is 4.21. The van der Waals surface area contributed by atoms with E-state index >= 15 is 0 Å². The van der Waals surface area contributed by atoms with Crippen LogP contribution in [0.25, 0.3) is 0 Å². The maximum absolute atomic E-state index is 12.5. The molecule has 0 fully saturated rings. The van der Waals surface area contributed by atoms with Crippen molar-refractivity contribution in [1.29, 1.82) is 0 Å². The normalized spacial score (nSPS) is 14.2. The van der Waals surface area contributed by atoms with Crippen LogP contribution in [-0.2, 0) is 12.6 Å². The zero-order valence-corrected chi connectivity index (χ0v) is 9.67. The van der Waals surface area contributed by atoms with Gasteiger partial charge in [-0.05, 0) is 39.1 Å². The summed E-state index contributed by atoms with van der Waals surface area (Å²) in [5.74, 6) is 0. The fourth-order valence-electron chi connectivity index (χ4n) is 1.40. The average Bonchev–Trinajstić information content (AvgIpc) is 2.16. The molecule has 1 aromatic carbocycles. The zero-order chi connectivity index (χ0) is 12.3. The smallest absolute Gasteiger partial charge is 0.306 e. The van der Waals surface area contributed by atoms with Gasteiger partial charge in [-0.25, -0.2) is 0 Å². The monoisotopic (exact) mass is 231 g/mol. The Labute approximate surface area is 93.9 Å². The van der Waals surface area contributed by atoms with Crippen molar-refractivity contribution in [2.75, 3.05) is 14.1 Å². The standard InChI is InChI=1S/C12H16F3N/c1-9(16(2)3)7-10-5-4-6-11(8-10)12(13,14)15/h4-6,8-9H,7H2,1-3H3. The third-order valence-corrected chi connectivity index (χ3v) is 2.67. The molecule has 0 spiro atoms. The molecule has 0 N–H and O–H groups in total. The van der Waals surface area contributed by atoms with Gasteiger partial charge >= 0.3 is 6.18 Å². The van der Waals surface area contributed by atoms with Crippen molar-refractivity contribution in [3.8, 4) is 0 Å².